The minimum absolute atomic E-state index is 0.0793. The topological polar surface area (TPSA) is 17.1 Å². The van der Waals surface area contributed by atoms with Crippen LogP contribution in [0.2, 0.25) is 0 Å². The van der Waals surface area contributed by atoms with Crippen LogP contribution in [0.15, 0.2) is 0 Å². The predicted molar refractivity (Wildman–Crippen MR) is 81.3 cm³/mol. The first-order valence-electron chi connectivity index (χ1n) is 9.13. The van der Waals surface area contributed by atoms with Gasteiger partial charge in [-0.25, -0.2) is 0 Å². The highest BCUT2D eigenvalue weighted by Gasteiger charge is 2.56. The van der Waals surface area contributed by atoms with Crippen LogP contribution in [0.3, 0.4) is 0 Å². The van der Waals surface area contributed by atoms with Gasteiger partial charge >= 0.3 is 0 Å². The number of carbonyl (C=O) groups is 1. The molecule has 0 unspecified atom stereocenters. The zero-order valence-corrected chi connectivity index (χ0v) is 13.2. The Hall–Kier alpha value is -0.330. The van der Waals surface area contributed by atoms with E-state index in [1.807, 2.05) is 0 Å². The van der Waals surface area contributed by atoms with Crippen LogP contribution >= 0.6 is 0 Å². The number of Topliss-reactive ketones (excluding diaryl/α,β-unsaturated/α-hetero) is 1. The van der Waals surface area contributed by atoms with E-state index in [-0.39, 0.29) is 5.41 Å². The van der Waals surface area contributed by atoms with Gasteiger partial charge in [0.1, 0.15) is 5.78 Å². The van der Waals surface area contributed by atoms with Gasteiger partial charge in [-0.2, -0.15) is 0 Å². The van der Waals surface area contributed by atoms with Gasteiger partial charge in [0.05, 0.1) is 0 Å². The SMILES string of the molecule is C[C@@H]1CC[C@H]2[C@H](CC[C@@H]3[C@@H]2CC[C@]2(C)C(=O)CC[C@@H]32)C1. The number of fused-ring (bicyclic) bond motifs is 5. The first-order valence-corrected chi connectivity index (χ1v) is 9.13. The molecule has 20 heavy (non-hydrogen) atoms. The molecule has 0 aliphatic heterocycles. The Morgan fingerprint density at radius 1 is 0.950 bits per heavy atom. The van der Waals surface area contributed by atoms with Crippen LogP contribution in [0.25, 0.3) is 0 Å². The van der Waals surface area contributed by atoms with Crippen LogP contribution in [-0.2, 0) is 4.79 Å². The maximum atomic E-state index is 12.3. The number of carbonyl (C=O) groups excluding carboxylic acids is 1. The van der Waals surface area contributed by atoms with Gasteiger partial charge in [-0.05, 0) is 80.5 Å². The summed E-state index contributed by atoms with van der Waals surface area (Å²) in [6.07, 6.45) is 12.0. The minimum Gasteiger partial charge on any atom is -0.299 e. The summed E-state index contributed by atoms with van der Waals surface area (Å²) in [7, 11) is 0. The van der Waals surface area contributed by atoms with Crippen LogP contribution in [0.5, 0.6) is 0 Å². The minimum atomic E-state index is 0.0793. The Morgan fingerprint density at radius 3 is 2.60 bits per heavy atom. The quantitative estimate of drug-likeness (QED) is 0.617. The van der Waals surface area contributed by atoms with Crippen LogP contribution in [0.4, 0.5) is 0 Å². The first kappa shape index (κ1) is 13.3. The number of hydrogen-bond donors (Lipinski definition) is 0. The molecule has 0 bridgehead atoms. The van der Waals surface area contributed by atoms with Gasteiger partial charge in [-0.15, -0.1) is 0 Å². The molecule has 112 valence electrons. The molecule has 4 aliphatic carbocycles. The molecule has 0 radical (unpaired) electrons. The van der Waals surface area contributed by atoms with E-state index in [1.54, 1.807) is 0 Å². The van der Waals surface area contributed by atoms with E-state index in [1.165, 1.54) is 51.4 Å². The van der Waals surface area contributed by atoms with Crippen molar-refractivity contribution in [3.63, 3.8) is 0 Å². The van der Waals surface area contributed by atoms with Gasteiger partial charge in [0.2, 0.25) is 0 Å². The summed E-state index contributed by atoms with van der Waals surface area (Å²) in [4.78, 5) is 12.3. The molecule has 0 N–H and O–H groups in total. The summed E-state index contributed by atoms with van der Waals surface area (Å²) in [6.45, 7) is 4.76. The average molecular weight is 274 g/mol. The van der Waals surface area contributed by atoms with Crippen LogP contribution in [-0.4, -0.2) is 5.78 Å². The lowest BCUT2D eigenvalue weighted by Crippen LogP contribution is -2.48. The fourth-order valence-corrected chi connectivity index (χ4v) is 6.86. The van der Waals surface area contributed by atoms with Crippen molar-refractivity contribution in [2.75, 3.05) is 0 Å². The lowest BCUT2D eigenvalue weighted by Gasteiger charge is -2.54. The molecular formula is C19H30O. The molecule has 0 amide bonds. The molecule has 0 spiro atoms. The summed E-state index contributed by atoms with van der Waals surface area (Å²) < 4.78 is 0. The highest BCUT2D eigenvalue weighted by molar-refractivity contribution is 5.87. The molecule has 4 aliphatic rings. The highest BCUT2D eigenvalue weighted by Crippen LogP contribution is 2.61. The van der Waals surface area contributed by atoms with Crippen molar-refractivity contribution in [3.8, 4) is 0 Å². The van der Waals surface area contributed by atoms with Gasteiger partial charge in [0, 0.05) is 11.8 Å². The summed E-state index contributed by atoms with van der Waals surface area (Å²) in [6, 6.07) is 0. The van der Waals surface area contributed by atoms with Crippen molar-refractivity contribution in [3.05, 3.63) is 0 Å². The van der Waals surface area contributed by atoms with Crippen LogP contribution in [0, 0.1) is 40.9 Å². The van der Waals surface area contributed by atoms with Crippen molar-refractivity contribution < 1.29 is 4.79 Å². The molecule has 0 aromatic heterocycles. The Morgan fingerprint density at radius 2 is 1.75 bits per heavy atom. The molecule has 1 nitrogen and oxygen atoms in total. The number of hydrogen-bond acceptors (Lipinski definition) is 1. The zero-order valence-electron chi connectivity index (χ0n) is 13.2. The standard InChI is InChI=1S/C19H30O/c1-12-3-5-14-13(11-12)4-6-16-15(14)9-10-19(2)17(16)7-8-18(19)20/h12-17H,3-11H2,1-2H3/t12-,13-,14+,15-,16-,17+,19+/m1/s1. The van der Waals surface area contributed by atoms with Crippen molar-refractivity contribution in [2.45, 2.75) is 71.6 Å². The summed E-state index contributed by atoms with van der Waals surface area (Å²) >= 11 is 0. The Labute approximate surface area is 123 Å². The van der Waals surface area contributed by atoms with Crippen molar-refractivity contribution in [1.29, 1.82) is 0 Å². The summed E-state index contributed by atoms with van der Waals surface area (Å²) in [5, 5.41) is 0. The van der Waals surface area contributed by atoms with Crippen molar-refractivity contribution in [2.24, 2.45) is 40.9 Å². The maximum Gasteiger partial charge on any atom is 0.139 e. The van der Waals surface area contributed by atoms with Gasteiger partial charge < -0.3 is 0 Å². The second-order valence-electron chi connectivity index (χ2n) is 8.77. The third-order valence-corrected chi connectivity index (χ3v) is 7.93. The first-order chi connectivity index (χ1) is 9.59. The van der Waals surface area contributed by atoms with E-state index >= 15 is 0 Å². The molecular weight excluding hydrogens is 244 g/mol. The number of rotatable bonds is 0. The Balaban J connectivity index is 1.58. The van der Waals surface area contributed by atoms with Crippen LogP contribution in [0.1, 0.15) is 71.6 Å². The molecule has 4 rings (SSSR count). The normalized spacial score (nSPS) is 55.0. The fraction of sp³-hybridized carbons (Fsp3) is 0.947. The average Bonchev–Trinajstić information content (AvgIpc) is 2.74. The Kier molecular flexibility index (Phi) is 3.06. The molecule has 0 aromatic carbocycles. The molecule has 4 saturated carbocycles. The molecule has 1 heteroatoms. The van der Waals surface area contributed by atoms with E-state index in [9.17, 15) is 4.79 Å². The van der Waals surface area contributed by atoms with Crippen molar-refractivity contribution >= 4 is 5.78 Å². The van der Waals surface area contributed by atoms with Crippen molar-refractivity contribution in [1.82, 2.24) is 0 Å². The largest absolute Gasteiger partial charge is 0.299 e. The molecule has 4 fully saturated rings. The third kappa shape index (κ3) is 1.77. The van der Waals surface area contributed by atoms with E-state index in [0.29, 0.717) is 5.78 Å². The van der Waals surface area contributed by atoms with Crippen LogP contribution < -0.4 is 0 Å². The van der Waals surface area contributed by atoms with Gasteiger partial charge in [0.25, 0.3) is 0 Å². The zero-order chi connectivity index (χ0) is 13.9. The van der Waals surface area contributed by atoms with E-state index in [0.717, 1.165) is 41.9 Å². The summed E-state index contributed by atoms with van der Waals surface area (Å²) in [5.41, 5.74) is 0.0793. The van der Waals surface area contributed by atoms with Gasteiger partial charge in [0.15, 0.2) is 0 Å². The second kappa shape index (κ2) is 4.58. The molecule has 0 heterocycles. The third-order valence-electron chi connectivity index (χ3n) is 7.93. The highest BCUT2D eigenvalue weighted by atomic mass is 16.1. The van der Waals surface area contributed by atoms with E-state index in [2.05, 4.69) is 13.8 Å². The van der Waals surface area contributed by atoms with E-state index in [4.69, 9.17) is 0 Å². The number of ketones is 1. The van der Waals surface area contributed by atoms with Gasteiger partial charge in [-0.3, -0.25) is 4.79 Å². The molecule has 0 saturated heterocycles. The van der Waals surface area contributed by atoms with Gasteiger partial charge in [-0.1, -0.05) is 20.3 Å². The summed E-state index contributed by atoms with van der Waals surface area (Å²) in [5.74, 6) is 6.23. The fourth-order valence-electron chi connectivity index (χ4n) is 6.86. The lowest BCUT2D eigenvalue weighted by atomic mass is 9.50. The monoisotopic (exact) mass is 274 g/mol. The van der Waals surface area contributed by atoms with E-state index < -0.39 is 0 Å². The lowest BCUT2D eigenvalue weighted by molar-refractivity contribution is -0.133. The molecule has 0 aromatic rings. The molecule has 7 atom stereocenters. The predicted octanol–water partition coefficient (Wildman–Crippen LogP) is 4.84. The second-order valence-corrected chi connectivity index (χ2v) is 8.77. The smallest absolute Gasteiger partial charge is 0.139 e. The Bertz CT molecular complexity index is 414. The maximum absolute atomic E-state index is 12.3.